The number of phosphoric ester groups is 1. The molecule has 4 fully saturated rings. The molecular weight excluding hydrogens is 1020 g/mol. The van der Waals surface area contributed by atoms with Crippen LogP contribution in [0.15, 0.2) is 24.3 Å². The number of unbranched alkanes of at least 4 members (excludes halogenated alkanes) is 9. The molecule has 0 amide bonds. The van der Waals surface area contributed by atoms with Gasteiger partial charge in [-0.15, -0.1) is 0 Å². The quantitative estimate of drug-likeness (QED) is 0.0136. The molecule has 27 nitrogen and oxygen atoms in total. The van der Waals surface area contributed by atoms with Gasteiger partial charge in [-0.2, -0.15) is 0 Å². The van der Waals surface area contributed by atoms with Gasteiger partial charge in [-0.25, -0.2) is 4.57 Å². The van der Waals surface area contributed by atoms with Crippen molar-refractivity contribution in [1.29, 1.82) is 0 Å². The third-order valence-corrected chi connectivity index (χ3v) is 14.1. The molecular formula is C46H81O27P. The summed E-state index contributed by atoms with van der Waals surface area (Å²) in [5, 5.41) is 158. The number of carbonyl (C=O) groups is 1. The van der Waals surface area contributed by atoms with Crippen LogP contribution in [0.4, 0.5) is 0 Å². The summed E-state index contributed by atoms with van der Waals surface area (Å²) in [4.78, 5) is 23.4. The maximum Gasteiger partial charge on any atom is 0.472 e. The Morgan fingerprint density at radius 1 is 0.541 bits per heavy atom. The van der Waals surface area contributed by atoms with E-state index in [2.05, 4.69) is 31.2 Å². The summed E-state index contributed by atoms with van der Waals surface area (Å²) < 4.78 is 61.9. The second kappa shape index (κ2) is 32.3. The third-order valence-electron chi connectivity index (χ3n) is 13.1. The summed E-state index contributed by atoms with van der Waals surface area (Å²) in [6.45, 7) is -2.23. The van der Waals surface area contributed by atoms with Crippen molar-refractivity contribution < 1.29 is 133 Å². The summed E-state index contributed by atoms with van der Waals surface area (Å²) in [6.07, 6.45) is -24.5. The molecule has 0 radical (unpaired) electrons. The SMILES string of the molecule is CCCCCC/C=C\C/C=C\CCCCCCCC(=O)OC[C@@H](O)COP(=O)(O)O[C@@H]1C(O[C@@H]2OC(CO[C@@H]3OC(CO)[C@H](O)C(O)[C@@H]3O)[C@H](O)C(O)[C@@H]2O)C(O)[C@@H](O)C(O)[C@H]1O[C@H]1OC(CO)[C@@H](O)C(O)[C@H]1O. The van der Waals surface area contributed by atoms with Crippen LogP contribution < -0.4 is 0 Å². The number of allylic oxidation sites excluding steroid dienone is 4. The first-order valence-corrected chi connectivity index (χ1v) is 26.7. The number of hydrogen-bond donors (Lipinski definition) is 16. The van der Waals surface area contributed by atoms with E-state index in [1.54, 1.807) is 0 Å². The molecule has 0 aromatic carbocycles. The molecule has 1 aliphatic carbocycles. The summed E-state index contributed by atoms with van der Waals surface area (Å²) in [6, 6.07) is 0. The predicted molar refractivity (Wildman–Crippen MR) is 250 cm³/mol. The molecule has 10 unspecified atom stereocenters. The second-order valence-corrected chi connectivity index (χ2v) is 20.3. The highest BCUT2D eigenvalue weighted by atomic mass is 31.2. The molecule has 74 heavy (non-hydrogen) atoms. The summed E-state index contributed by atoms with van der Waals surface area (Å²) >= 11 is 0. The first-order chi connectivity index (χ1) is 35.2. The highest BCUT2D eigenvalue weighted by molar-refractivity contribution is 7.47. The maximum absolute atomic E-state index is 13.6. The van der Waals surface area contributed by atoms with E-state index < -0.39 is 182 Å². The molecule has 3 saturated heterocycles. The van der Waals surface area contributed by atoms with Crippen molar-refractivity contribution >= 4 is 13.8 Å². The lowest BCUT2D eigenvalue weighted by Gasteiger charge is -2.49. The number of phosphoric acid groups is 1. The first kappa shape index (κ1) is 64.7. The van der Waals surface area contributed by atoms with Gasteiger partial charge in [-0.05, 0) is 38.5 Å². The number of carbonyl (C=O) groups excluding carboxylic acids is 1. The van der Waals surface area contributed by atoms with Gasteiger partial charge in [0, 0.05) is 6.42 Å². The van der Waals surface area contributed by atoms with E-state index >= 15 is 0 Å². The summed E-state index contributed by atoms with van der Waals surface area (Å²) in [7, 11) is -5.63. The molecule has 4 rings (SSSR count). The predicted octanol–water partition coefficient (Wildman–Crippen LogP) is -4.11. The number of aliphatic hydroxyl groups is 15. The van der Waals surface area contributed by atoms with Gasteiger partial charge in [0.05, 0.1) is 26.4 Å². The summed E-state index contributed by atoms with van der Waals surface area (Å²) in [5.41, 5.74) is 0. The van der Waals surface area contributed by atoms with E-state index in [0.29, 0.717) is 6.42 Å². The Balaban J connectivity index is 1.38. The maximum atomic E-state index is 13.6. The van der Waals surface area contributed by atoms with E-state index in [9.17, 15) is 90.9 Å². The van der Waals surface area contributed by atoms with Gasteiger partial charge in [0.15, 0.2) is 18.9 Å². The van der Waals surface area contributed by atoms with Gasteiger partial charge in [-0.3, -0.25) is 13.8 Å². The van der Waals surface area contributed by atoms with Crippen LogP contribution in [-0.2, 0) is 51.6 Å². The molecule has 0 aromatic rings. The van der Waals surface area contributed by atoms with Crippen molar-refractivity contribution in [3.63, 3.8) is 0 Å². The minimum absolute atomic E-state index is 0.0245. The highest BCUT2D eigenvalue weighted by Gasteiger charge is 2.58. The lowest BCUT2D eigenvalue weighted by Crippen LogP contribution is -2.69. The molecule has 3 aliphatic heterocycles. The van der Waals surface area contributed by atoms with Crippen LogP contribution in [0.3, 0.4) is 0 Å². The number of aliphatic hydroxyl groups excluding tert-OH is 15. The third kappa shape index (κ3) is 19.0. The average molecular weight is 1100 g/mol. The van der Waals surface area contributed by atoms with E-state index in [1.165, 1.54) is 25.7 Å². The topological polar surface area (TPSA) is 441 Å². The Hall–Kier alpha value is -1.78. The fourth-order valence-electron chi connectivity index (χ4n) is 8.58. The molecule has 4 aliphatic rings. The van der Waals surface area contributed by atoms with Gasteiger partial charge in [0.1, 0.15) is 123 Å². The average Bonchev–Trinajstić information content (AvgIpc) is 3.38. The van der Waals surface area contributed by atoms with Gasteiger partial charge in [-0.1, -0.05) is 69.8 Å². The lowest BCUT2D eigenvalue weighted by molar-refractivity contribution is -0.364. The van der Waals surface area contributed by atoms with Crippen LogP contribution in [0.25, 0.3) is 0 Å². The fraction of sp³-hybridized carbons (Fsp3) is 0.891. The van der Waals surface area contributed by atoms with E-state index in [-0.39, 0.29) is 6.42 Å². The highest BCUT2D eigenvalue weighted by Crippen LogP contribution is 2.48. The Morgan fingerprint density at radius 2 is 0.986 bits per heavy atom. The fourth-order valence-corrected chi connectivity index (χ4v) is 9.55. The van der Waals surface area contributed by atoms with Gasteiger partial charge >= 0.3 is 13.8 Å². The first-order valence-electron chi connectivity index (χ1n) is 25.2. The van der Waals surface area contributed by atoms with Crippen molar-refractivity contribution in [2.45, 2.75) is 225 Å². The number of rotatable bonds is 31. The van der Waals surface area contributed by atoms with Crippen LogP contribution >= 0.6 is 7.82 Å². The van der Waals surface area contributed by atoms with Gasteiger partial charge in [0.2, 0.25) is 0 Å². The van der Waals surface area contributed by atoms with Gasteiger partial charge < -0.3 is 115 Å². The largest absolute Gasteiger partial charge is 0.472 e. The minimum Gasteiger partial charge on any atom is -0.463 e. The summed E-state index contributed by atoms with van der Waals surface area (Å²) in [5.74, 6) is -0.668. The molecule has 3 heterocycles. The van der Waals surface area contributed by atoms with Crippen molar-refractivity contribution in [3.8, 4) is 0 Å². The molecule has 0 aromatic heterocycles. The molecule has 28 heteroatoms. The van der Waals surface area contributed by atoms with Crippen molar-refractivity contribution in [2.75, 3.05) is 33.0 Å². The molecule has 0 spiro atoms. The van der Waals surface area contributed by atoms with Gasteiger partial charge in [0.25, 0.3) is 0 Å². The minimum atomic E-state index is -5.63. The molecule has 432 valence electrons. The molecule has 0 bridgehead atoms. The monoisotopic (exact) mass is 1100 g/mol. The number of hydrogen-bond acceptors (Lipinski definition) is 26. The zero-order chi connectivity index (χ0) is 54.7. The number of esters is 1. The molecule has 1 saturated carbocycles. The van der Waals surface area contributed by atoms with Crippen LogP contribution in [0.1, 0.15) is 90.4 Å². The van der Waals surface area contributed by atoms with Crippen LogP contribution in [0.2, 0.25) is 0 Å². The van der Waals surface area contributed by atoms with Crippen molar-refractivity contribution in [3.05, 3.63) is 24.3 Å². The van der Waals surface area contributed by atoms with E-state index in [1.807, 2.05) is 0 Å². The molecule has 23 atom stereocenters. The molecule has 16 N–H and O–H groups in total. The van der Waals surface area contributed by atoms with Crippen molar-refractivity contribution in [1.82, 2.24) is 0 Å². The van der Waals surface area contributed by atoms with Crippen LogP contribution in [0, 0.1) is 0 Å². The Morgan fingerprint density at radius 3 is 1.51 bits per heavy atom. The normalized spacial score (nSPS) is 39.3. The smallest absolute Gasteiger partial charge is 0.463 e. The van der Waals surface area contributed by atoms with E-state index in [4.69, 9.17) is 42.2 Å². The Labute approximate surface area is 428 Å². The zero-order valence-corrected chi connectivity index (χ0v) is 42.2. The van der Waals surface area contributed by atoms with E-state index in [0.717, 1.165) is 44.9 Å². The van der Waals surface area contributed by atoms with Crippen molar-refractivity contribution in [2.24, 2.45) is 0 Å². The lowest BCUT2D eigenvalue weighted by atomic mass is 9.84. The second-order valence-electron chi connectivity index (χ2n) is 18.9. The number of ether oxygens (including phenoxy) is 7. The zero-order valence-electron chi connectivity index (χ0n) is 41.3. The Kier molecular flexibility index (Phi) is 28.3. The van der Waals surface area contributed by atoms with Crippen LogP contribution in [0.5, 0.6) is 0 Å². The Bertz CT molecular complexity index is 1700. The standard InChI is InChI=1S/C46H81O27P/c1-2-3-4-5-6-7-8-9-10-11-12-13-14-15-16-17-18-28(50)65-21-24(49)22-67-74(63,64)73-43-41(71-45-39(61)33(55)30(52)26(20-48)69-45)36(58)35(57)37(59)42(43)72-46-40(62)34(56)31(53)27(70-46)23-66-44-38(60)32(54)29(51)25(19-47)68-44/h7-8,10-11,24-27,29-49,51-62H,2-6,9,12-23H2,1H3,(H,63,64)/b8-7-,11-10-/t24-,25?,26?,27?,29+,30-,31+,32?,33?,34?,35+,36?,37?,38+,39-,40+,41-,42?,43+,44-,45-,46+/m1/s1. The van der Waals surface area contributed by atoms with Crippen LogP contribution in [-0.4, -0.2) is 255 Å².